The number of hydrogen-bond donors (Lipinski definition) is 1. The molecule has 0 aliphatic rings. The van der Waals surface area contributed by atoms with Crippen molar-refractivity contribution in [3.63, 3.8) is 0 Å². The van der Waals surface area contributed by atoms with Gasteiger partial charge >= 0.3 is 5.97 Å². The molecular formula is C11H12N2O2S. The molecule has 0 fully saturated rings. The first-order chi connectivity index (χ1) is 7.58. The third-order valence-electron chi connectivity index (χ3n) is 2.33. The van der Waals surface area contributed by atoms with Gasteiger partial charge in [0.15, 0.2) is 5.13 Å². The van der Waals surface area contributed by atoms with E-state index < -0.39 is 5.97 Å². The summed E-state index contributed by atoms with van der Waals surface area (Å²) in [5.74, 6) is -0.849. The summed E-state index contributed by atoms with van der Waals surface area (Å²) in [4.78, 5) is 14.9. The van der Waals surface area contributed by atoms with E-state index in [2.05, 4.69) is 4.98 Å². The zero-order valence-electron chi connectivity index (χ0n) is 9.10. The van der Waals surface area contributed by atoms with Crippen LogP contribution in [-0.2, 0) is 11.2 Å². The van der Waals surface area contributed by atoms with Crippen LogP contribution in [0.5, 0.6) is 0 Å². The molecule has 0 saturated heterocycles. The molecule has 0 aliphatic carbocycles. The van der Waals surface area contributed by atoms with Gasteiger partial charge in [-0.2, -0.15) is 0 Å². The smallest absolute Gasteiger partial charge is 0.309 e. The third-order valence-corrected chi connectivity index (χ3v) is 3.21. The molecule has 0 saturated carbocycles. The highest BCUT2D eigenvalue weighted by Crippen LogP contribution is 2.20. The Morgan fingerprint density at radius 2 is 2.06 bits per heavy atom. The lowest BCUT2D eigenvalue weighted by Crippen LogP contribution is -2.02. The van der Waals surface area contributed by atoms with Crippen molar-refractivity contribution in [3.05, 3.63) is 34.6 Å². The van der Waals surface area contributed by atoms with Crippen LogP contribution in [0, 0.1) is 13.8 Å². The fourth-order valence-corrected chi connectivity index (χ4v) is 2.55. The molecule has 2 rings (SSSR count). The average Bonchev–Trinajstić information content (AvgIpc) is 2.73. The fraction of sp³-hybridized carbons (Fsp3) is 0.273. The van der Waals surface area contributed by atoms with Gasteiger partial charge in [0.2, 0.25) is 0 Å². The SMILES string of the molecule is Cc1ccc(C)n1-c1nc(CC(=O)O)cs1. The minimum Gasteiger partial charge on any atom is -0.481 e. The number of rotatable bonds is 3. The van der Waals surface area contributed by atoms with Gasteiger partial charge in [0.05, 0.1) is 12.1 Å². The lowest BCUT2D eigenvalue weighted by Gasteiger charge is -2.03. The molecule has 2 aromatic heterocycles. The number of thiazole rings is 1. The number of nitrogens with zero attached hydrogens (tertiary/aromatic N) is 2. The lowest BCUT2D eigenvalue weighted by atomic mass is 10.3. The van der Waals surface area contributed by atoms with Crippen LogP contribution in [0.1, 0.15) is 17.1 Å². The van der Waals surface area contributed by atoms with E-state index in [1.54, 1.807) is 5.38 Å². The predicted molar refractivity (Wildman–Crippen MR) is 62.3 cm³/mol. The lowest BCUT2D eigenvalue weighted by molar-refractivity contribution is -0.136. The van der Waals surface area contributed by atoms with E-state index in [1.807, 2.05) is 30.5 Å². The van der Waals surface area contributed by atoms with Crippen molar-refractivity contribution < 1.29 is 9.90 Å². The number of aryl methyl sites for hydroxylation is 2. The Kier molecular flexibility index (Phi) is 2.78. The predicted octanol–water partition coefficient (Wildman–Crippen LogP) is 2.18. The Hall–Kier alpha value is -1.62. The van der Waals surface area contributed by atoms with Crippen molar-refractivity contribution >= 4 is 17.3 Å². The molecule has 0 spiro atoms. The highest BCUT2D eigenvalue weighted by molar-refractivity contribution is 7.12. The molecular weight excluding hydrogens is 224 g/mol. The van der Waals surface area contributed by atoms with Gasteiger partial charge in [-0.1, -0.05) is 0 Å². The number of carboxylic acid groups (broad SMARTS) is 1. The maximum Gasteiger partial charge on any atom is 0.309 e. The van der Waals surface area contributed by atoms with Crippen LogP contribution in [-0.4, -0.2) is 20.6 Å². The highest BCUT2D eigenvalue weighted by Gasteiger charge is 2.10. The molecule has 84 valence electrons. The first kappa shape index (κ1) is 10.9. The van der Waals surface area contributed by atoms with Gasteiger partial charge in [-0.15, -0.1) is 11.3 Å². The van der Waals surface area contributed by atoms with Crippen molar-refractivity contribution in [1.82, 2.24) is 9.55 Å². The van der Waals surface area contributed by atoms with Crippen molar-refractivity contribution in [2.24, 2.45) is 0 Å². The summed E-state index contributed by atoms with van der Waals surface area (Å²) in [6, 6.07) is 4.04. The first-order valence-electron chi connectivity index (χ1n) is 4.89. The zero-order valence-corrected chi connectivity index (χ0v) is 9.91. The molecule has 0 amide bonds. The van der Waals surface area contributed by atoms with Crippen LogP contribution in [0.2, 0.25) is 0 Å². The Bertz CT molecular complexity index is 508. The Morgan fingerprint density at radius 1 is 1.44 bits per heavy atom. The van der Waals surface area contributed by atoms with Gasteiger partial charge in [-0.05, 0) is 26.0 Å². The van der Waals surface area contributed by atoms with Crippen molar-refractivity contribution in [1.29, 1.82) is 0 Å². The minimum absolute atomic E-state index is 0.0180. The first-order valence-corrected chi connectivity index (χ1v) is 5.77. The monoisotopic (exact) mass is 236 g/mol. The molecule has 0 aromatic carbocycles. The topological polar surface area (TPSA) is 55.1 Å². The number of aromatic nitrogens is 2. The van der Waals surface area contributed by atoms with E-state index >= 15 is 0 Å². The Balaban J connectivity index is 2.35. The van der Waals surface area contributed by atoms with E-state index in [0.717, 1.165) is 16.5 Å². The summed E-state index contributed by atoms with van der Waals surface area (Å²) < 4.78 is 2.02. The summed E-state index contributed by atoms with van der Waals surface area (Å²) in [7, 11) is 0. The molecule has 2 heterocycles. The Labute approximate surface area is 97.2 Å². The number of carboxylic acids is 1. The van der Waals surface area contributed by atoms with Gasteiger partial charge < -0.3 is 5.11 Å². The molecule has 0 radical (unpaired) electrons. The van der Waals surface area contributed by atoms with E-state index in [4.69, 9.17) is 5.11 Å². The summed E-state index contributed by atoms with van der Waals surface area (Å²) >= 11 is 1.47. The van der Waals surface area contributed by atoms with Crippen LogP contribution in [0.4, 0.5) is 0 Å². The second kappa shape index (κ2) is 4.09. The second-order valence-electron chi connectivity index (χ2n) is 3.64. The zero-order chi connectivity index (χ0) is 11.7. The Morgan fingerprint density at radius 3 is 2.62 bits per heavy atom. The van der Waals surface area contributed by atoms with Gasteiger partial charge in [0.25, 0.3) is 0 Å². The summed E-state index contributed by atoms with van der Waals surface area (Å²) in [5, 5.41) is 11.3. The van der Waals surface area contributed by atoms with E-state index in [-0.39, 0.29) is 6.42 Å². The van der Waals surface area contributed by atoms with Crippen LogP contribution < -0.4 is 0 Å². The van der Waals surface area contributed by atoms with Crippen LogP contribution in [0.25, 0.3) is 5.13 Å². The van der Waals surface area contributed by atoms with Crippen molar-refractivity contribution in [2.45, 2.75) is 20.3 Å². The third kappa shape index (κ3) is 1.99. The second-order valence-corrected chi connectivity index (χ2v) is 4.48. The fourth-order valence-electron chi connectivity index (χ4n) is 1.61. The van der Waals surface area contributed by atoms with E-state index in [9.17, 15) is 4.79 Å². The molecule has 1 N–H and O–H groups in total. The minimum atomic E-state index is -0.849. The molecule has 5 heteroatoms. The van der Waals surface area contributed by atoms with Gasteiger partial charge in [0, 0.05) is 16.8 Å². The quantitative estimate of drug-likeness (QED) is 0.888. The summed E-state index contributed by atoms with van der Waals surface area (Å²) in [6.07, 6.45) is -0.0180. The van der Waals surface area contributed by atoms with Gasteiger partial charge in [-0.3, -0.25) is 9.36 Å². The highest BCUT2D eigenvalue weighted by atomic mass is 32.1. The largest absolute Gasteiger partial charge is 0.481 e. The molecule has 4 nitrogen and oxygen atoms in total. The van der Waals surface area contributed by atoms with Gasteiger partial charge in [-0.25, -0.2) is 4.98 Å². The molecule has 0 atom stereocenters. The van der Waals surface area contributed by atoms with E-state index in [0.29, 0.717) is 5.69 Å². The van der Waals surface area contributed by atoms with Crippen LogP contribution >= 0.6 is 11.3 Å². The normalized spacial score (nSPS) is 10.6. The molecule has 0 aliphatic heterocycles. The van der Waals surface area contributed by atoms with Gasteiger partial charge in [0.1, 0.15) is 0 Å². The van der Waals surface area contributed by atoms with Crippen molar-refractivity contribution in [2.75, 3.05) is 0 Å². The molecule has 16 heavy (non-hydrogen) atoms. The van der Waals surface area contributed by atoms with Crippen molar-refractivity contribution in [3.8, 4) is 5.13 Å². The average molecular weight is 236 g/mol. The van der Waals surface area contributed by atoms with E-state index in [1.165, 1.54) is 11.3 Å². The molecule has 2 aromatic rings. The summed E-state index contributed by atoms with van der Waals surface area (Å²) in [5.41, 5.74) is 2.82. The van der Waals surface area contributed by atoms with Crippen LogP contribution in [0.15, 0.2) is 17.5 Å². The maximum absolute atomic E-state index is 10.6. The van der Waals surface area contributed by atoms with Crippen LogP contribution in [0.3, 0.4) is 0 Å². The summed E-state index contributed by atoms with van der Waals surface area (Å²) in [6.45, 7) is 4.01. The molecule has 0 unspecified atom stereocenters. The number of aliphatic carboxylic acids is 1. The maximum atomic E-state index is 10.6. The number of hydrogen-bond acceptors (Lipinski definition) is 3. The number of carbonyl (C=O) groups is 1. The molecule has 0 bridgehead atoms. The standard InChI is InChI=1S/C11H12N2O2S/c1-7-3-4-8(2)13(7)11-12-9(6-16-11)5-10(14)15/h3-4,6H,5H2,1-2H3,(H,14,15).